The average molecular weight is 246 g/mol. The lowest BCUT2D eigenvalue weighted by molar-refractivity contribution is 0.0649. The predicted molar refractivity (Wildman–Crippen MR) is 77.0 cm³/mol. The Bertz CT molecular complexity index is 412. The van der Waals surface area contributed by atoms with E-state index in [1.807, 2.05) is 0 Å². The largest absolute Gasteiger partial charge is 0.393 e. The lowest BCUT2D eigenvalue weighted by Gasteiger charge is -2.38. The quantitative estimate of drug-likeness (QED) is 0.790. The molecule has 0 radical (unpaired) electrons. The topological polar surface area (TPSA) is 20.2 Å². The Hall–Kier alpha value is -0.820. The molecule has 0 saturated heterocycles. The summed E-state index contributed by atoms with van der Waals surface area (Å²) in [6, 6.07) is 4.56. The van der Waals surface area contributed by atoms with Gasteiger partial charge in [-0.3, -0.25) is 0 Å². The zero-order valence-corrected chi connectivity index (χ0v) is 12.3. The highest BCUT2D eigenvalue weighted by atomic mass is 16.3. The van der Waals surface area contributed by atoms with Crippen molar-refractivity contribution in [3.8, 4) is 0 Å². The maximum absolute atomic E-state index is 10.1. The molecule has 0 bridgehead atoms. The van der Waals surface area contributed by atoms with E-state index < -0.39 is 0 Å². The van der Waals surface area contributed by atoms with Crippen molar-refractivity contribution in [2.45, 2.75) is 59.5 Å². The Kier molecular flexibility index (Phi) is 3.82. The zero-order valence-electron chi connectivity index (χ0n) is 12.3. The Morgan fingerprint density at radius 1 is 1.00 bits per heavy atom. The van der Waals surface area contributed by atoms with E-state index in [1.165, 1.54) is 22.3 Å². The molecular weight excluding hydrogens is 220 g/mol. The maximum atomic E-state index is 10.1. The molecule has 2 rings (SSSR count). The summed E-state index contributed by atoms with van der Waals surface area (Å²) in [4.78, 5) is 0. The monoisotopic (exact) mass is 246 g/mol. The number of aliphatic hydroxyl groups is 1. The molecule has 1 N–H and O–H groups in total. The highest BCUT2D eigenvalue weighted by molar-refractivity contribution is 5.40. The van der Waals surface area contributed by atoms with E-state index in [0.717, 1.165) is 12.8 Å². The minimum Gasteiger partial charge on any atom is -0.393 e. The van der Waals surface area contributed by atoms with E-state index in [9.17, 15) is 5.11 Å². The molecule has 1 heteroatoms. The van der Waals surface area contributed by atoms with Gasteiger partial charge in [-0.1, -0.05) is 31.5 Å². The number of benzene rings is 1. The van der Waals surface area contributed by atoms with Gasteiger partial charge in [-0.25, -0.2) is 0 Å². The minimum atomic E-state index is -0.124. The lowest BCUT2D eigenvalue weighted by Crippen LogP contribution is -2.31. The van der Waals surface area contributed by atoms with Crippen molar-refractivity contribution in [2.24, 2.45) is 11.8 Å². The number of aryl methyl sites for hydroxylation is 3. The Balaban J connectivity index is 2.41. The van der Waals surface area contributed by atoms with Gasteiger partial charge in [0, 0.05) is 0 Å². The van der Waals surface area contributed by atoms with Crippen LogP contribution in [0.3, 0.4) is 0 Å². The maximum Gasteiger partial charge on any atom is 0.0548 e. The summed E-state index contributed by atoms with van der Waals surface area (Å²) >= 11 is 0. The van der Waals surface area contributed by atoms with Crippen LogP contribution in [0.5, 0.6) is 0 Å². The number of hydrogen-bond donors (Lipinski definition) is 1. The van der Waals surface area contributed by atoms with Crippen LogP contribution in [0.4, 0.5) is 0 Å². The van der Waals surface area contributed by atoms with Crippen LogP contribution >= 0.6 is 0 Å². The molecule has 0 aromatic heterocycles. The fourth-order valence-corrected chi connectivity index (χ4v) is 3.80. The first kappa shape index (κ1) is 13.6. The molecule has 0 heterocycles. The highest BCUT2D eigenvalue weighted by Gasteiger charge is 2.34. The van der Waals surface area contributed by atoms with Gasteiger partial charge in [-0.2, -0.15) is 0 Å². The van der Waals surface area contributed by atoms with Crippen LogP contribution in [-0.2, 0) is 0 Å². The average Bonchev–Trinajstić information content (AvgIpc) is 2.23. The normalized spacial score (nSPS) is 32.6. The summed E-state index contributed by atoms with van der Waals surface area (Å²) in [6.45, 7) is 11.2. The molecule has 0 amide bonds. The molecule has 3 unspecified atom stereocenters. The summed E-state index contributed by atoms with van der Waals surface area (Å²) < 4.78 is 0. The second-order valence-corrected chi connectivity index (χ2v) is 6.38. The third-order valence-corrected chi connectivity index (χ3v) is 4.81. The highest BCUT2D eigenvalue weighted by Crippen LogP contribution is 2.43. The van der Waals surface area contributed by atoms with Gasteiger partial charge < -0.3 is 5.11 Å². The molecule has 0 aliphatic heterocycles. The van der Waals surface area contributed by atoms with Crippen LogP contribution in [0.15, 0.2) is 12.1 Å². The van der Waals surface area contributed by atoms with Crippen LogP contribution in [0.2, 0.25) is 0 Å². The van der Waals surface area contributed by atoms with Gasteiger partial charge in [0.05, 0.1) is 6.10 Å². The number of aliphatic hydroxyl groups excluding tert-OH is 1. The first-order valence-electron chi connectivity index (χ1n) is 7.16. The van der Waals surface area contributed by atoms with Crippen molar-refractivity contribution in [3.63, 3.8) is 0 Å². The second-order valence-electron chi connectivity index (χ2n) is 6.38. The molecule has 4 atom stereocenters. The molecular formula is C17H26O. The molecule has 1 aliphatic rings. The fraction of sp³-hybridized carbons (Fsp3) is 0.647. The van der Waals surface area contributed by atoms with Crippen molar-refractivity contribution in [3.05, 3.63) is 34.4 Å². The van der Waals surface area contributed by atoms with Crippen LogP contribution < -0.4 is 0 Å². The molecule has 1 nitrogen and oxygen atoms in total. The summed E-state index contributed by atoms with van der Waals surface area (Å²) in [5.41, 5.74) is 5.61. The smallest absolute Gasteiger partial charge is 0.0548 e. The van der Waals surface area contributed by atoms with Crippen molar-refractivity contribution in [1.82, 2.24) is 0 Å². The molecule has 1 fully saturated rings. The van der Waals surface area contributed by atoms with Crippen molar-refractivity contribution in [1.29, 1.82) is 0 Å². The molecule has 18 heavy (non-hydrogen) atoms. The first-order chi connectivity index (χ1) is 8.40. The summed E-state index contributed by atoms with van der Waals surface area (Å²) in [6.07, 6.45) is 1.76. The molecule has 1 saturated carbocycles. The van der Waals surface area contributed by atoms with Gasteiger partial charge in [0.25, 0.3) is 0 Å². The van der Waals surface area contributed by atoms with Crippen LogP contribution in [-0.4, -0.2) is 11.2 Å². The van der Waals surface area contributed by atoms with Gasteiger partial charge in [-0.15, -0.1) is 0 Å². The molecule has 100 valence electrons. The van der Waals surface area contributed by atoms with E-state index in [2.05, 4.69) is 46.8 Å². The SMILES string of the molecule is Cc1cc(C)c(C2C[C@H](O)CC(C)C2C)c(C)c1. The summed E-state index contributed by atoms with van der Waals surface area (Å²) in [5, 5.41) is 10.1. The molecule has 1 aromatic rings. The fourth-order valence-electron chi connectivity index (χ4n) is 3.80. The summed E-state index contributed by atoms with van der Waals surface area (Å²) in [7, 11) is 0. The van der Waals surface area contributed by atoms with Gasteiger partial charge >= 0.3 is 0 Å². The summed E-state index contributed by atoms with van der Waals surface area (Å²) in [5.74, 6) is 1.79. The van der Waals surface area contributed by atoms with Crippen LogP contribution in [0.25, 0.3) is 0 Å². The Labute approximate surface area is 111 Å². The van der Waals surface area contributed by atoms with E-state index in [0.29, 0.717) is 17.8 Å². The second kappa shape index (κ2) is 5.05. The van der Waals surface area contributed by atoms with Crippen LogP contribution in [0.1, 0.15) is 54.9 Å². The van der Waals surface area contributed by atoms with Crippen molar-refractivity contribution >= 4 is 0 Å². The zero-order chi connectivity index (χ0) is 13.4. The molecule has 1 aliphatic carbocycles. The molecule has 0 spiro atoms. The Morgan fingerprint density at radius 2 is 1.56 bits per heavy atom. The lowest BCUT2D eigenvalue weighted by atomic mass is 9.68. The number of hydrogen-bond acceptors (Lipinski definition) is 1. The molecule has 1 aromatic carbocycles. The van der Waals surface area contributed by atoms with Gasteiger partial charge in [-0.05, 0) is 68.1 Å². The van der Waals surface area contributed by atoms with Crippen LogP contribution in [0, 0.1) is 32.6 Å². The van der Waals surface area contributed by atoms with Gasteiger partial charge in [0.15, 0.2) is 0 Å². The third kappa shape index (κ3) is 2.47. The van der Waals surface area contributed by atoms with Gasteiger partial charge in [0.2, 0.25) is 0 Å². The van der Waals surface area contributed by atoms with Crippen molar-refractivity contribution in [2.75, 3.05) is 0 Å². The van der Waals surface area contributed by atoms with Crippen molar-refractivity contribution < 1.29 is 5.11 Å². The third-order valence-electron chi connectivity index (χ3n) is 4.81. The van der Waals surface area contributed by atoms with E-state index in [4.69, 9.17) is 0 Å². The van der Waals surface area contributed by atoms with E-state index in [-0.39, 0.29) is 6.10 Å². The van der Waals surface area contributed by atoms with E-state index in [1.54, 1.807) is 0 Å². The minimum absolute atomic E-state index is 0.124. The first-order valence-corrected chi connectivity index (χ1v) is 7.16. The standard InChI is InChI=1S/C17H26O/c1-10-6-12(3)17(13(4)7-10)16-9-15(18)8-11(2)14(16)5/h6-7,11,14-16,18H,8-9H2,1-5H3/t11?,14?,15-,16?/m1/s1. The van der Waals surface area contributed by atoms with Gasteiger partial charge in [0.1, 0.15) is 0 Å². The Morgan fingerprint density at radius 3 is 2.11 bits per heavy atom. The van der Waals surface area contributed by atoms with E-state index >= 15 is 0 Å². The predicted octanol–water partition coefficient (Wildman–Crippen LogP) is 4.12. The number of rotatable bonds is 1.